The Morgan fingerprint density at radius 2 is 1.61 bits per heavy atom. The molecule has 0 spiro atoms. The van der Waals surface area contributed by atoms with Gasteiger partial charge in [-0.1, -0.05) is 0 Å². The Hall–Kier alpha value is -1.95. The summed E-state index contributed by atoms with van der Waals surface area (Å²) < 4.78 is 18.3. The molecule has 5 nitrogen and oxygen atoms in total. The molecule has 6 heteroatoms. The van der Waals surface area contributed by atoms with Gasteiger partial charge in [0.2, 0.25) is 0 Å². The summed E-state index contributed by atoms with van der Waals surface area (Å²) in [5, 5.41) is 0. The van der Waals surface area contributed by atoms with E-state index in [4.69, 9.17) is 14.2 Å². The number of ether oxygens (including phenoxy) is 3. The summed E-state index contributed by atoms with van der Waals surface area (Å²) in [5.41, 5.74) is 0.901. The third-order valence-electron chi connectivity index (χ3n) is 3.02. The van der Waals surface area contributed by atoms with Crippen LogP contribution in [0, 0.1) is 0 Å². The van der Waals surface area contributed by atoms with E-state index in [1.807, 2.05) is 39.0 Å². The van der Waals surface area contributed by atoms with Gasteiger partial charge in [-0.2, -0.15) is 0 Å². The van der Waals surface area contributed by atoms with E-state index in [2.05, 4.69) is 15.9 Å². The highest BCUT2D eigenvalue weighted by Crippen LogP contribution is 2.32. The van der Waals surface area contributed by atoms with Gasteiger partial charge < -0.3 is 14.2 Å². The van der Waals surface area contributed by atoms with Crippen molar-refractivity contribution in [3.8, 4) is 22.8 Å². The van der Waals surface area contributed by atoms with E-state index in [-0.39, 0.29) is 0 Å². The highest BCUT2D eigenvalue weighted by Gasteiger charge is 2.21. The lowest BCUT2D eigenvalue weighted by Gasteiger charge is -2.20. The Morgan fingerprint density at radius 1 is 1.04 bits per heavy atom. The molecule has 0 aliphatic heterocycles. The fraction of sp³-hybridized carbons (Fsp3) is 0.353. The zero-order valence-electron chi connectivity index (χ0n) is 13.8. The summed E-state index contributed by atoms with van der Waals surface area (Å²) in [6.45, 7) is 5.49. The second-order valence-corrected chi connectivity index (χ2v) is 6.91. The molecule has 124 valence electrons. The molecule has 0 radical (unpaired) electrons. The predicted molar refractivity (Wildman–Crippen MR) is 92.3 cm³/mol. The standard InChI is InChI=1S/C17H20BrNO4/c1-17(2,3)23-16(20)19-10-12(18)8-15(19)11-6-13(21-4)9-14(7-11)22-5/h6-10H,1-5H3. The average molecular weight is 382 g/mol. The van der Waals surface area contributed by atoms with Crippen molar-refractivity contribution in [1.29, 1.82) is 0 Å². The molecule has 0 fully saturated rings. The van der Waals surface area contributed by atoms with E-state index in [0.717, 1.165) is 10.0 Å². The Bertz CT molecular complexity index is 694. The molecule has 0 atom stereocenters. The molecule has 0 unspecified atom stereocenters. The van der Waals surface area contributed by atoms with Crippen LogP contribution >= 0.6 is 15.9 Å². The maximum Gasteiger partial charge on any atom is 0.419 e. The summed E-state index contributed by atoms with van der Waals surface area (Å²) >= 11 is 3.41. The van der Waals surface area contributed by atoms with Gasteiger partial charge in [-0.05, 0) is 54.9 Å². The molecule has 0 amide bonds. The molecule has 1 heterocycles. The van der Waals surface area contributed by atoms with Crippen LogP contribution in [0.4, 0.5) is 4.79 Å². The van der Waals surface area contributed by atoms with Crippen LogP contribution in [0.15, 0.2) is 34.9 Å². The number of methoxy groups -OCH3 is 2. The van der Waals surface area contributed by atoms with Gasteiger partial charge in [0.1, 0.15) is 17.1 Å². The van der Waals surface area contributed by atoms with E-state index in [9.17, 15) is 4.79 Å². The fourth-order valence-corrected chi connectivity index (χ4v) is 2.49. The van der Waals surface area contributed by atoms with Gasteiger partial charge >= 0.3 is 6.09 Å². The van der Waals surface area contributed by atoms with Crippen molar-refractivity contribution in [1.82, 2.24) is 4.57 Å². The first-order chi connectivity index (χ1) is 10.7. The van der Waals surface area contributed by atoms with E-state index in [1.54, 1.807) is 26.5 Å². The monoisotopic (exact) mass is 381 g/mol. The fourth-order valence-electron chi connectivity index (χ4n) is 2.07. The molecule has 0 aliphatic rings. The quantitative estimate of drug-likeness (QED) is 0.771. The molecule has 1 aromatic heterocycles. The highest BCUT2D eigenvalue weighted by atomic mass is 79.9. The van der Waals surface area contributed by atoms with Gasteiger partial charge in [-0.25, -0.2) is 4.79 Å². The van der Waals surface area contributed by atoms with Crippen molar-refractivity contribution < 1.29 is 19.0 Å². The second kappa shape index (κ2) is 6.66. The number of carbonyl (C=O) groups excluding carboxylic acids is 1. The summed E-state index contributed by atoms with van der Waals surface area (Å²) in [7, 11) is 3.17. The SMILES string of the molecule is COc1cc(OC)cc(-c2cc(Br)cn2C(=O)OC(C)(C)C)c1. The molecule has 0 saturated heterocycles. The van der Waals surface area contributed by atoms with Gasteiger partial charge in [0.15, 0.2) is 0 Å². The first-order valence-electron chi connectivity index (χ1n) is 7.08. The average Bonchev–Trinajstić information content (AvgIpc) is 2.87. The number of rotatable bonds is 3. The Labute approximate surface area is 144 Å². The molecule has 2 rings (SSSR count). The first-order valence-corrected chi connectivity index (χ1v) is 7.87. The zero-order chi connectivity index (χ0) is 17.2. The summed E-state index contributed by atoms with van der Waals surface area (Å²) in [4.78, 5) is 12.4. The topological polar surface area (TPSA) is 49.7 Å². The summed E-state index contributed by atoms with van der Waals surface area (Å²) in [5.74, 6) is 1.29. The van der Waals surface area contributed by atoms with Crippen molar-refractivity contribution in [3.05, 3.63) is 34.9 Å². The molecule has 0 bridgehead atoms. The van der Waals surface area contributed by atoms with Crippen LogP contribution in [-0.4, -0.2) is 30.5 Å². The summed E-state index contributed by atoms with van der Waals surface area (Å²) in [6, 6.07) is 7.30. The number of nitrogens with zero attached hydrogens (tertiary/aromatic N) is 1. The molecular weight excluding hydrogens is 362 g/mol. The first kappa shape index (κ1) is 17.4. The minimum Gasteiger partial charge on any atom is -0.497 e. The van der Waals surface area contributed by atoms with Gasteiger partial charge in [0.25, 0.3) is 0 Å². The van der Waals surface area contributed by atoms with Crippen molar-refractivity contribution in [2.75, 3.05) is 14.2 Å². The third kappa shape index (κ3) is 4.28. The minimum absolute atomic E-state index is 0.444. The maximum atomic E-state index is 12.4. The lowest BCUT2D eigenvalue weighted by Crippen LogP contribution is -2.27. The third-order valence-corrected chi connectivity index (χ3v) is 3.46. The number of aromatic nitrogens is 1. The molecule has 23 heavy (non-hydrogen) atoms. The lowest BCUT2D eigenvalue weighted by molar-refractivity contribution is 0.0540. The number of hydrogen-bond donors (Lipinski definition) is 0. The van der Waals surface area contributed by atoms with Gasteiger partial charge in [-0.3, -0.25) is 4.57 Å². The number of halogens is 1. The normalized spacial score (nSPS) is 11.2. The van der Waals surface area contributed by atoms with Crippen molar-refractivity contribution >= 4 is 22.0 Å². The molecular formula is C17H20BrNO4. The van der Waals surface area contributed by atoms with Gasteiger partial charge in [-0.15, -0.1) is 0 Å². The van der Waals surface area contributed by atoms with Crippen molar-refractivity contribution in [2.45, 2.75) is 26.4 Å². The number of benzene rings is 1. The molecule has 2 aromatic rings. The minimum atomic E-state index is -0.572. The van der Waals surface area contributed by atoms with Crippen LogP contribution in [0.5, 0.6) is 11.5 Å². The zero-order valence-corrected chi connectivity index (χ0v) is 15.4. The molecule has 0 saturated carbocycles. The number of hydrogen-bond acceptors (Lipinski definition) is 4. The Balaban J connectivity index is 2.50. The van der Waals surface area contributed by atoms with Crippen LogP contribution in [0.1, 0.15) is 20.8 Å². The molecule has 0 aliphatic carbocycles. The van der Waals surface area contributed by atoms with Crippen LogP contribution in [0.3, 0.4) is 0 Å². The van der Waals surface area contributed by atoms with Crippen molar-refractivity contribution in [3.63, 3.8) is 0 Å². The maximum absolute atomic E-state index is 12.4. The molecule has 1 aromatic carbocycles. The Kier molecular flexibility index (Phi) is 5.04. The van der Waals surface area contributed by atoms with Gasteiger partial charge in [0, 0.05) is 22.3 Å². The highest BCUT2D eigenvalue weighted by molar-refractivity contribution is 9.10. The van der Waals surface area contributed by atoms with Crippen molar-refractivity contribution in [2.24, 2.45) is 0 Å². The van der Waals surface area contributed by atoms with E-state index in [1.165, 1.54) is 4.57 Å². The van der Waals surface area contributed by atoms with E-state index >= 15 is 0 Å². The van der Waals surface area contributed by atoms with E-state index < -0.39 is 11.7 Å². The van der Waals surface area contributed by atoms with Crippen LogP contribution < -0.4 is 9.47 Å². The lowest BCUT2D eigenvalue weighted by atomic mass is 10.1. The molecule has 0 N–H and O–H groups in total. The predicted octanol–water partition coefficient (Wildman–Crippen LogP) is 4.72. The largest absolute Gasteiger partial charge is 0.497 e. The number of carbonyl (C=O) groups is 1. The second-order valence-electron chi connectivity index (χ2n) is 6.00. The smallest absolute Gasteiger partial charge is 0.419 e. The van der Waals surface area contributed by atoms with E-state index in [0.29, 0.717) is 17.2 Å². The van der Waals surface area contributed by atoms with Crippen LogP contribution in [-0.2, 0) is 4.74 Å². The van der Waals surface area contributed by atoms with Crippen LogP contribution in [0.25, 0.3) is 11.3 Å². The summed E-state index contributed by atoms with van der Waals surface area (Å²) in [6.07, 6.45) is 1.23. The van der Waals surface area contributed by atoms with Crippen LogP contribution in [0.2, 0.25) is 0 Å². The Morgan fingerprint density at radius 3 is 2.09 bits per heavy atom. The van der Waals surface area contributed by atoms with Gasteiger partial charge in [0.05, 0.1) is 19.9 Å².